The average molecular weight is 278 g/mol. The summed E-state index contributed by atoms with van der Waals surface area (Å²) >= 11 is 6.11. The zero-order valence-corrected chi connectivity index (χ0v) is 11.4. The number of aromatic nitrogens is 2. The quantitative estimate of drug-likeness (QED) is 0.914. The van der Waals surface area contributed by atoms with E-state index in [2.05, 4.69) is 10.3 Å². The second kappa shape index (κ2) is 5.31. The van der Waals surface area contributed by atoms with Crippen molar-refractivity contribution in [2.24, 2.45) is 5.92 Å². The van der Waals surface area contributed by atoms with E-state index in [0.29, 0.717) is 28.4 Å². The molecule has 1 fully saturated rings. The van der Waals surface area contributed by atoms with Crippen LogP contribution in [-0.2, 0) is 6.54 Å². The summed E-state index contributed by atoms with van der Waals surface area (Å²) in [6, 6.07) is 5.36. The topological polar surface area (TPSA) is 46.9 Å². The molecule has 0 spiro atoms. The molecule has 1 unspecified atom stereocenters. The first-order valence-corrected chi connectivity index (χ1v) is 6.98. The highest BCUT2D eigenvalue weighted by Gasteiger charge is 2.15. The van der Waals surface area contributed by atoms with Gasteiger partial charge in [-0.15, -0.1) is 0 Å². The molecule has 0 saturated carbocycles. The molecule has 4 nitrogen and oxygen atoms in total. The summed E-state index contributed by atoms with van der Waals surface area (Å²) in [5.74, 6) is 0.494. The number of nitrogens with zero attached hydrogens (tertiary/aromatic N) is 2. The molecule has 0 aliphatic carbocycles. The summed E-state index contributed by atoms with van der Waals surface area (Å²) in [5, 5.41) is 4.36. The molecule has 0 radical (unpaired) electrons. The number of nitrogens with one attached hydrogen (secondary N) is 1. The first kappa shape index (κ1) is 12.6. The highest BCUT2D eigenvalue weighted by atomic mass is 35.5. The van der Waals surface area contributed by atoms with E-state index in [9.17, 15) is 4.79 Å². The highest BCUT2D eigenvalue weighted by Crippen LogP contribution is 2.18. The third-order valence-corrected chi connectivity index (χ3v) is 3.97. The minimum Gasteiger partial charge on any atom is -0.316 e. The Morgan fingerprint density at radius 2 is 2.37 bits per heavy atom. The Morgan fingerprint density at radius 3 is 3.16 bits per heavy atom. The number of rotatable bonds is 2. The Labute approximate surface area is 116 Å². The zero-order valence-electron chi connectivity index (χ0n) is 10.6. The van der Waals surface area contributed by atoms with Gasteiger partial charge in [-0.1, -0.05) is 17.7 Å². The van der Waals surface area contributed by atoms with Crippen molar-refractivity contribution in [1.29, 1.82) is 0 Å². The molecule has 2 aromatic rings. The smallest absolute Gasteiger partial charge is 0.262 e. The van der Waals surface area contributed by atoms with Crippen LogP contribution in [0.15, 0.2) is 29.3 Å². The summed E-state index contributed by atoms with van der Waals surface area (Å²) < 4.78 is 1.69. The van der Waals surface area contributed by atoms with E-state index >= 15 is 0 Å². The SMILES string of the molecule is O=c1c2c(Cl)cccc2ncn1CC1CCCNC1. The van der Waals surface area contributed by atoms with Crippen LogP contribution in [0.2, 0.25) is 5.02 Å². The lowest BCUT2D eigenvalue weighted by Crippen LogP contribution is -2.34. The number of hydrogen-bond donors (Lipinski definition) is 1. The molecule has 1 aliphatic rings. The summed E-state index contributed by atoms with van der Waals surface area (Å²) in [6.07, 6.45) is 3.96. The van der Waals surface area contributed by atoms with Gasteiger partial charge in [0.05, 0.1) is 22.3 Å². The molecule has 2 heterocycles. The van der Waals surface area contributed by atoms with Gasteiger partial charge in [0.15, 0.2) is 0 Å². The van der Waals surface area contributed by atoms with E-state index in [0.717, 1.165) is 19.5 Å². The lowest BCUT2D eigenvalue weighted by molar-refractivity contribution is 0.333. The van der Waals surface area contributed by atoms with Gasteiger partial charge in [-0.25, -0.2) is 4.98 Å². The van der Waals surface area contributed by atoms with E-state index < -0.39 is 0 Å². The average Bonchev–Trinajstić information content (AvgIpc) is 2.43. The summed E-state index contributed by atoms with van der Waals surface area (Å²) in [4.78, 5) is 16.8. The van der Waals surface area contributed by atoms with Crippen LogP contribution in [0, 0.1) is 5.92 Å². The van der Waals surface area contributed by atoms with Crippen molar-refractivity contribution < 1.29 is 0 Å². The molecule has 19 heavy (non-hydrogen) atoms. The van der Waals surface area contributed by atoms with Crippen LogP contribution in [0.1, 0.15) is 12.8 Å². The minimum absolute atomic E-state index is 0.0406. The fourth-order valence-corrected chi connectivity index (χ4v) is 2.90. The first-order chi connectivity index (χ1) is 9.25. The lowest BCUT2D eigenvalue weighted by atomic mass is 10.00. The van der Waals surface area contributed by atoms with E-state index in [-0.39, 0.29) is 5.56 Å². The van der Waals surface area contributed by atoms with Gasteiger partial charge in [0, 0.05) is 6.54 Å². The Morgan fingerprint density at radius 1 is 1.47 bits per heavy atom. The van der Waals surface area contributed by atoms with E-state index in [4.69, 9.17) is 11.6 Å². The van der Waals surface area contributed by atoms with Crippen molar-refractivity contribution in [3.8, 4) is 0 Å². The van der Waals surface area contributed by atoms with Gasteiger partial charge in [-0.05, 0) is 44.0 Å². The van der Waals surface area contributed by atoms with Gasteiger partial charge < -0.3 is 5.32 Å². The second-order valence-corrected chi connectivity index (χ2v) is 5.46. The van der Waals surface area contributed by atoms with E-state index in [1.54, 1.807) is 17.0 Å². The molecule has 1 aliphatic heterocycles. The van der Waals surface area contributed by atoms with Crippen LogP contribution in [-0.4, -0.2) is 22.6 Å². The van der Waals surface area contributed by atoms with Crippen molar-refractivity contribution in [1.82, 2.24) is 14.9 Å². The second-order valence-electron chi connectivity index (χ2n) is 5.05. The molecule has 1 aromatic carbocycles. The Hall–Kier alpha value is -1.39. The molecule has 1 N–H and O–H groups in total. The minimum atomic E-state index is -0.0406. The molecule has 1 saturated heterocycles. The van der Waals surface area contributed by atoms with Crippen molar-refractivity contribution in [2.45, 2.75) is 19.4 Å². The number of halogens is 1. The largest absolute Gasteiger partial charge is 0.316 e. The summed E-state index contributed by atoms with van der Waals surface area (Å²) in [5.41, 5.74) is 0.622. The normalized spacial score (nSPS) is 19.7. The van der Waals surface area contributed by atoms with E-state index in [1.165, 1.54) is 6.42 Å². The number of benzene rings is 1. The molecule has 5 heteroatoms. The molecular weight excluding hydrogens is 262 g/mol. The molecule has 1 atom stereocenters. The van der Waals surface area contributed by atoms with Gasteiger partial charge in [0.25, 0.3) is 5.56 Å². The van der Waals surface area contributed by atoms with Crippen LogP contribution in [0.3, 0.4) is 0 Å². The molecule has 0 bridgehead atoms. The Bertz CT molecular complexity index is 647. The molecule has 3 rings (SSSR count). The third-order valence-electron chi connectivity index (χ3n) is 3.66. The monoisotopic (exact) mass is 277 g/mol. The van der Waals surface area contributed by atoms with Crippen LogP contribution < -0.4 is 10.9 Å². The fourth-order valence-electron chi connectivity index (χ4n) is 2.65. The molecule has 0 amide bonds. The van der Waals surface area contributed by atoms with Gasteiger partial charge >= 0.3 is 0 Å². The van der Waals surface area contributed by atoms with Gasteiger partial charge in [-0.2, -0.15) is 0 Å². The van der Waals surface area contributed by atoms with Crippen molar-refractivity contribution in [3.05, 3.63) is 39.9 Å². The van der Waals surface area contributed by atoms with Crippen molar-refractivity contribution in [2.75, 3.05) is 13.1 Å². The zero-order chi connectivity index (χ0) is 13.2. The van der Waals surface area contributed by atoms with Crippen molar-refractivity contribution in [3.63, 3.8) is 0 Å². The molecule has 100 valence electrons. The van der Waals surface area contributed by atoms with Gasteiger partial charge in [0.2, 0.25) is 0 Å². The van der Waals surface area contributed by atoms with Crippen LogP contribution >= 0.6 is 11.6 Å². The van der Waals surface area contributed by atoms with Gasteiger partial charge in [-0.3, -0.25) is 9.36 Å². The molecular formula is C14H16ClN3O. The van der Waals surface area contributed by atoms with E-state index in [1.807, 2.05) is 12.1 Å². The number of hydrogen-bond acceptors (Lipinski definition) is 3. The maximum absolute atomic E-state index is 12.4. The Kier molecular flexibility index (Phi) is 3.53. The van der Waals surface area contributed by atoms with Crippen LogP contribution in [0.25, 0.3) is 10.9 Å². The summed E-state index contributed by atoms with van der Waals surface area (Å²) in [6.45, 7) is 2.75. The maximum atomic E-state index is 12.4. The number of fused-ring (bicyclic) bond motifs is 1. The predicted octanol–water partition coefficient (Wildman–Crippen LogP) is 2.05. The highest BCUT2D eigenvalue weighted by molar-refractivity contribution is 6.35. The fraction of sp³-hybridized carbons (Fsp3) is 0.429. The number of piperidine rings is 1. The van der Waals surface area contributed by atoms with Crippen LogP contribution in [0.5, 0.6) is 0 Å². The lowest BCUT2D eigenvalue weighted by Gasteiger charge is -2.23. The molecule has 1 aromatic heterocycles. The van der Waals surface area contributed by atoms with Gasteiger partial charge in [0.1, 0.15) is 0 Å². The van der Waals surface area contributed by atoms with Crippen molar-refractivity contribution >= 4 is 22.5 Å². The van der Waals surface area contributed by atoms with Crippen LogP contribution in [0.4, 0.5) is 0 Å². The Balaban J connectivity index is 1.98. The predicted molar refractivity (Wildman–Crippen MR) is 76.6 cm³/mol. The maximum Gasteiger partial charge on any atom is 0.262 e. The first-order valence-electron chi connectivity index (χ1n) is 6.60. The summed E-state index contributed by atoms with van der Waals surface area (Å²) in [7, 11) is 0. The third kappa shape index (κ3) is 2.51. The standard InChI is InChI=1S/C14H16ClN3O/c15-11-4-1-5-12-13(11)14(19)18(9-17-12)8-10-3-2-6-16-7-10/h1,4-5,9-10,16H,2-3,6-8H2.